The van der Waals surface area contributed by atoms with Crippen LogP contribution < -0.4 is 11.0 Å². The summed E-state index contributed by atoms with van der Waals surface area (Å²) in [4.78, 5) is 25.3. The number of hydrogen-bond donors (Lipinski definition) is 1. The first-order chi connectivity index (χ1) is 17.8. The largest absolute Gasteiger partial charge is 0.380 e. The maximum absolute atomic E-state index is 12.7. The number of methoxy groups -OCH3 is 1. The molecule has 37 heavy (non-hydrogen) atoms. The van der Waals surface area contributed by atoms with Crippen molar-refractivity contribution in [2.75, 3.05) is 7.11 Å². The highest BCUT2D eigenvalue weighted by molar-refractivity contribution is 6.35. The van der Waals surface area contributed by atoms with Crippen molar-refractivity contribution in [3.8, 4) is 6.07 Å². The van der Waals surface area contributed by atoms with Gasteiger partial charge in [0, 0.05) is 57.6 Å². The van der Waals surface area contributed by atoms with Gasteiger partial charge in [0.05, 0.1) is 12.8 Å². The van der Waals surface area contributed by atoms with Gasteiger partial charge in [-0.2, -0.15) is 10.4 Å². The maximum Gasteiger partial charge on any atom is 0.269 e. The summed E-state index contributed by atoms with van der Waals surface area (Å²) in [6.45, 7) is 2.08. The third-order valence-electron chi connectivity index (χ3n) is 5.87. The monoisotopic (exact) mass is 535 g/mol. The number of rotatable bonds is 8. The molecule has 8 nitrogen and oxygen atoms in total. The van der Waals surface area contributed by atoms with Gasteiger partial charge < -0.3 is 13.9 Å². The molecule has 1 N–H and O–H groups in total. The molecule has 4 rings (SSSR count). The number of carbonyl (C=O) groups is 1. The molecule has 10 heteroatoms. The minimum absolute atomic E-state index is 0.0441. The molecule has 0 fully saturated rings. The molecule has 0 aliphatic rings. The molecule has 2 aromatic carbocycles. The molecule has 0 unspecified atom stereocenters. The maximum atomic E-state index is 12.7. The smallest absolute Gasteiger partial charge is 0.269 e. The quantitative estimate of drug-likeness (QED) is 0.262. The van der Waals surface area contributed by atoms with E-state index in [4.69, 9.17) is 27.9 Å². The summed E-state index contributed by atoms with van der Waals surface area (Å²) in [7, 11) is 1.48. The van der Waals surface area contributed by atoms with Crippen LogP contribution in [0.3, 0.4) is 0 Å². The van der Waals surface area contributed by atoms with Crippen molar-refractivity contribution >= 4 is 46.2 Å². The summed E-state index contributed by atoms with van der Waals surface area (Å²) in [6, 6.07) is 16.8. The van der Waals surface area contributed by atoms with Gasteiger partial charge in [-0.05, 0) is 36.8 Å². The van der Waals surface area contributed by atoms with E-state index in [9.17, 15) is 14.9 Å². The highest BCUT2D eigenvalue weighted by atomic mass is 35.5. The molecule has 1 amide bonds. The second-order valence-electron chi connectivity index (χ2n) is 8.38. The first-order valence-corrected chi connectivity index (χ1v) is 12.0. The molecule has 2 aromatic heterocycles. The number of pyridine rings is 1. The number of hydrazone groups is 1. The Labute approximate surface area is 223 Å². The van der Waals surface area contributed by atoms with Crippen molar-refractivity contribution in [3.63, 3.8) is 0 Å². The number of nitrogens with zero attached hydrogens (tertiary/aromatic N) is 4. The topological polar surface area (TPSA) is 101 Å². The Morgan fingerprint density at radius 3 is 2.70 bits per heavy atom. The summed E-state index contributed by atoms with van der Waals surface area (Å²) in [5.74, 6) is -0.499. The number of fused-ring (bicyclic) bond motifs is 1. The number of amides is 1. The normalized spacial score (nSPS) is 11.2. The predicted molar refractivity (Wildman–Crippen MR) is 144 cm³/mol. The third kappa shape index (κ3) is 5.75. The Bertz CT molecular complexity index is 1620. The second kappa shape index (κ2) is 11.4. The van der Waals surface area contributed by atoms with Crippen LogP contribution in [0.1, 0.15) is 27.9 Å². The Balaban J connectivity index is 1.53. The number of ether oxygens (including phenoxy) is 1. The van der Waals surface area contributed by atoms with E-state index in [0.29, 0.717) is 27.8 Å². The number of hydrogen-bond acceptors (Lipinski definition) is 5. The van der Waals surface area contributed by atoms with Gasteiger partial charge in [0.2, 0.25) is 0 Å². The lowest BCUT2D eigenvalue weighted by Gasteiger charge is -2.12. The Morgan fingerprint density at radius 2 is 1.97 bits per heavy atom. The fourth-order valence-corrected chi connectivity index (χ4v) is 4.58. The van der Waals surface area contributed by atoms with Gasteiger partial charge in [-0.3, -0.25) is 9.59 Å². The van der Waals surface area contributed by atoms with Crippen molar-refractivity contribution in [3.05, 3.63) is 103 Å². The lowest BCUT2D eigenvalue weighted by molar-refractivity contribution is -0.121. The third-order valence-corrected chi connectivity index (χ3v) is 6.46. The van der Waals surface area contributed by atoms with Crippen molar-refractivity contribution in [2.24, 2.45) is 5.10 Å². The fourth-order valence-electron chi connectivity index (χ4n) is 4.12. The van der Waals surface area contributed by atoms with Gasteiger partial charge in [0.1, 0.15) is 18.2 Å². The van der Waals surface area contributed by atoms with Crippen LogP contribution in [0.2, 0.25) is 10.0 Å². The molecule has 4 aromatic rings. The van der Waals surface area contributed by atoms with Crippen LogP contribution in [0, 0.1) is 18.3 Å². The van der Waals surface area contributed by atoms with Crippen LogP contribution in [0.25, 0.3) is 10.9 Å². The molecule has 0 spiro atoms. The summed E-state index contributed by atoms with van der Waals surface area (Å²) in [5.41, 5.74) is 5.59. The second-order valence-corrected chi connectivity index (χ2v) is 9.22. The van der Waals surface area contributed by atoms with Crippen molar-refractivity contribution < 1.29 is 9.53 Å². The average Bonchev–Trinajstić information content (AvgIpc) is 3.21. The van der Waals surface area contributed by atoms with Crippen LogP contribution in [0.4, 0.5) is 0 Å². The molecule has 0 radical (unpaired) electrons. The number of nitriles is 1. The van der Waals surface area contributed by atoms with Crippen molar-refractivity contribution in [1.82, 2.24) is 14.6 Å². The Kier molecular flexibility index (Phi) is 8.09. The fraction of sp³-hybridized carbons (Fsp3) is 0.185. The van der Waals surface area contributed by atoms with E-state index in [2.05, 4.69) is 10.5 Å². The molecule has 2 heterocycles. The number of benzene rings is 2. The minimum Gasteiger partial charge on any atom is -0.380 e. The van der Waals surface area contributed by atoms with E-state index in [1.807, 2.05) is 47.2 Å². The van der Waals surface area contributed by atoms with Gasteiger partial charge in [-0.1, -0.05) is 47.5 Å². The summed E-state index contributed by atoms with van der Waals surface area (Å²) in [5, 5.41) is 15.6. The van der Waals surface area contributed by atoms with E-state index < -0.39 is 11.5 Å². The minimum atomic E-state index is -0.544. The van der Waals surface area contributed by atoms with E-state index in [1.165, 1.54) is 11.7 Å². The van der Waals surface area contributed by atoms with Gasteiger partial charge in [-0.15, -0.1) is 0 Å². The SMILES string of the molecule is COCc1cc(C)n(CC(=O)NN=Cc2cn(Cc3ccc(Cl)cc3Cl)c3ccccc23)c(=O)c1C#N. The molecular formula is C27H23Cl2N5O3. The van der Waals surface area contributed by atoms with Gasteiger partial charge in [0.15, 0.2) is 0 Å². The number of nitrogens with one attached hydrogen (secondary N) is 1. The molecule has 0 aliphatic carbocycles. The standard InChI is InChI=1S/C27H23Cl2N5O3/c1-17-9-19(16-37-2)23(11-30)27(36)34(17)15-26(35)32-31-12-20-14-33(25-6-4-3-5-22(20)25)13-18-7-8-21(28)10-24(18)29/h3-10,12,14H,13,15-16H2,1-2H3,(H,32,35). The molecule has 0 aliphatic heterocycles. The van der Waals surface area contributed by atoms with E-state index in [0.717, 1.165) is 22.0 Å². The lowest BCUT2D eigenvalue weighted by atomic mass is 10.1. The van der Waals surface area contributed by atoms with E-state index in [1.54, 1.807) is 31.3 Å². The van der Waals surface area contributed by atoms with Gasteiger partial charge >= 0.3 is 0 Å². The molecule has 188 valence electrons. The Hall–Kier alpha value is -3.90. The van der Waals surface area contributed by atoms with E-state index in [-0.39, 0.29) is 18.7 Å². The number of halogens is 2. The summed E-state index contributed by atoms with van der Waals surface area (Å²) in [6.07, 6.45) is 3.48. The summed E-state index contributed by atoms with van der Waals surface area (Å²) >= 11 is 12.4. The number of aryl methyl sites for hydroxylation is 1. The van der Waals surface area contributed by atoms with Crippen LogP contribution in [0.15, 0.2) is 64.6 Å². The first-order valence-electron chi connectivity index (χ1n) is 11.3. The number of carbonyl (C=O) groups excluding carboxylic acids is 1. The van der Waals surface area contributed by atoms with Crippen molar-refractivity contribution in [2.45, 2.75) is 26.6 Å². The van der Waals surface area contributed by atoms with Gasteiger partial charge in [0.25, 0.3) is 11.5 Å². The molecule has 0 bridgehead atoms. The molecular weight excluding hydrogens is 513 g/mol. The molecule has 0 atom stereocenters. The Morgan fingerprint density at radius 1 is 1.19 bits per heavy atom. The van der Waals surface area contributed by atoms with Crippen molar-refractivity contribution in [1.29, 1.82) is 5.26 Å². The van der Waals surface area contributed by atoms with Crippen LogP contribution in [-0.2, 0) is 29.2 Å². The van der Waals surface area contributed by atoms with Crippen LogP contribution >= 0.6 is 23.2 Å². The highest BCUT2D eigenvalue weighted by Gasteiger charge is 2.15. The van der Waals surface area contributed by atoms with Crippen LogP contribution in [0.5, 0.6) is 0 Å². The van der Waals surface area contributed by atoms with Gasteiger partial charge in [-0.25, -0.2) is 5.43 Å². The first kappa shape index (κ1) is 26.2. The predicted octanol–water partition coefficient (Wildman–Crippen LogP) is 4.63. The molecule has 0 saturated carbocycles. The zero-order valence-electron chi connectivity index (χ0n) is 20.2. The van der Waals surface area contributed by atoms with Crippen LogP contribution in [-0.4, -0.2) is 28.4 Å². The average molecular weight is 536 g/mol. The number of para-hydroxylation sites is 1. The zero-order chi connectivity index (χ0) is 26.5. The number of aromatic nitrogens is 2. The zero-order valence-corrected chi connectivity index (χ0v) is 21.7. The molecule has 0 saturated heterocycles. The van der Waals surface area contributed by atoms with E-state index >= 15 is 0 Å². The highest BCUT2D eigenvalue weighted by Crippen LogP contribution is 2.25. The summed E-state index contributed by atoms with van der Waals surface area (Å²) < 4.78 is 8.34. The lowest BCUT2D eigenvalue weighted by Crippen LogP contribution is -2.33.